The summed E-state index contributed by atoms with van der Waals surface area (Å²) < 4.78 is 1.29. The van der Waals surface area contributed by atoms with Crippen molar-refractivity contribution in [1.29, 1.82) is 0 Å². The van der Waals surface area contributed by atoms with Gasteiger partial charge in [-0.25, -0.2) is 0 Å². The highest BCUT2D eigenvalue weighted by molar-refractivity contribution is 6.33. The van der Waals surface area contributed by atoms with Crippen molar-refractivity contribution in [3.05, 3.63) is 20.8 Å². The Bertz CT molecular complexity index is 633. The van der Waals surface area contributed by atoms with Crippen molar-refractivity contribution in [2.45, 2.75) is 57.3 Å². The topological polar surface area (TPSA) is 93.3 Å². The molecule has 1 aromatic rings. The van der Waals surface area contributed by atoms with E-state index in [4.69, 9.17) is 11.6 Å². The quantitative estimate of drug-likeness (QED) is 0.661. The van der Waals surface area contributed by atoms with Crippen molar-refractivity contribution in [3.63, 3.8) is 0 Å². The number of nitro groups is 1. The smallest absolute Gasteiger partial charge is 0.358 e. The molecular formula is C14H20ClN5O3. The molecular weight excluding hydrogens is 322 g/mol. The Morgan fingerprint density at radius 2 is 2.04 bits per heavy atom. The van der Waals surface area contributed by atoms with Crippen LogP contribution in [0.25, 0.3) is 0 Å². The molecule has 0 aromatic carbocycles. The fourth-order valence-corrected chi connectivity index (χ4v) is 3.92. The van der Waals surface area contributed by atoms with Gasteiger partial charge >= 0.3 is 5.82 Å². The van der Waals surface area contributed by atoms with Gasteiger partial charge in [0.25, 0.3) is 0 Å². The SMILES string of the molecule is Cc1c(Cl)c([N+](=O)[O-])nn1CC(=O)NC1CC2CCC(C1)N2C. The number of nitrogens with one attached hydrogen (secondary N) is 1. The third-order valence-corrected chi connectivity index (χ3v) is 5.49. The lowest BCUT2D eigenvalue weighted by Gasteiger charge is -2.36. The number of aromatic nitrogens is 2. The molecule has 9 heteroatoms. The summed E-state index contributed by atoms with van der Waals surface area (Å²) in [6.07, 6.45) is 4.29. The van der Waals surface area contributed by atoms with E-state index in [0.29, 0.717) is 17.8 Å². The zero-order valence-corrected chi connectivity index (χ0v) is 13.9. The lowest BCUT2D eigenvalue weighted by molar-refractivity contribution is -0.389. The van der Waals surface area contributed by atoms with Crippen molar-refractivity contribution < 1.29 is 9.72 Å². The molecule has 2 fully saturated rings. The summed E-state index contributed by atoms with van der Waals surface area (Å²) in [4.78, 5) is 24.8. The number of hydrogen-bond acceptors (Lipinski definition) is 5. The van der Waals surface area contributed by atoms with E-state index < -0.39 is 10.7 Å². The number of fused-ring (bicyclic) bond motifs is 2. The van der Waals surface area contributed by atoms with E-state index in [-0.39, 0.29) is 23.5 Å². The van der Waals surface area contributed by atoms with Crippen LogP contribution >= 0.6 is 11.6 Å². The molecule has 0 spiro atoms. The fourth-order valence-electron chi connectivity index (χ4n) is 3.72. The molecule has 0 radical (unpaired) electrons. The van der Waals surface area contributed by atoms with Gasteiger partial charge in [0.2, 0.25) is 5.91 Å². The second-order valence-corrected chi connectivity index (χ2v) is 6.80. The van der Waals surface area contributed by atoms with Gasteiger partial charge in [-0.1, -0.05) is 11.6 Å². The molecule has 0 aliphatic carbocycles. The summed E-state index contributed by atoms with van der Waals surface area (Å²) in [7, 11) is 2.15. The standard InChI is InChI=1S/C14H20ClN5O3/c1-8-13(15)14(20(22)23)17-19(8)7-12(21)16-9-5-10-3-4-11(6-9)18(10)2/h9-11H,3-7H2,1-2H3,(H,16,21). The molecule has 2 aliphatic heterocycles. The number of halogens is 1. The summed E-state index contributed by atoms with van der Waals surface area (Å²) in [5.41, 5.74) is 0.428. The van der Waals surface area contributed by atoms with Crippen LogP contribution in [-0.4, -0.2) is 50.7 Å². The predicted molar refractivity (Wildman–Crippen MR) is 84.4 cm³/mol. The summed E-state index contributed by atoms with van der Waals surface area (Å²) in [6, 6.07) is 1.25. The van der Waals surface area contributed by atoms with Crippen LogP contribution in [0.15, 0.2) is 0 Å². The Kier molecular flexibility index (Phi) is 4.29. The van der Waals surface area contributed by atoms with Crippen LogP contribution in [0, 0.1) is 17.0 Å². The van der Waals surface area contributed by atoms with Gasteiger partial charge < -0.3 is 20.3 Å². The maximum Gasteiger partial charge on any atom is 0.408 e. The number of nitrogens with zero attached hydrogens (tertiary/aromatic N) is 4. The van der Waals surface area contributed by atoms with Crippen LogP contribution in [0.4, 0.5) is 5.82 Å². The Morgan fingerprint density at radius 3 is 2.57 bits per heavy atom. The van der Waals surface area contributed by atoms with E-state index in [0.717, 1.165) is 12.8 Å². The zero-order chi connectivity index (χ0) is 16.7. The van der Waals surface area contributed by atoms with Crippen LogP contribution in [0.5, 0.6) is 0 Å². The maximum absolute atomic E-state index is 12.2. The fraction of sp³-hybridized carbons (Fsp3) is 0.714. The highest BCUT2D eigenvalue weighted by Crippen LogP contribution is 2.34. The number of rotatable bonds is 4. The van der Waals surface area contributed by atoms with Crippen LogP contribution in [0.2, 0.25) is 5.02 Å². The van der Waals surface area contributed by atoms with E-state index in [9.17, 15) is 14.9 Å². The van der Waals surface area contributed by atoms with Gasteiger partial charge in [0.05, 0.1) is 10.8 Å². The summed E-state index contributed by atoms with van der Waals surface area (Å²) in [5, 5.41) is 17.7. The second kappa shape index (κ2) is 6.09. The van der Waals surface area contributed by atoms with E-state index in [1.165, 1.54) is 17.5 Å². The Hall–Kier alpha value is -1.67. The molecule has 2 aliphatic rings. The highest BCUT2D eigenvalue weighted by Gasteiger charge is 2.38. The first-order chi connectivity index (χ1) is 10.9. The van der Waals surface area contributed by atoms with Crippen molar-refractivity contribution >= 4 is 23.3 Å². The molecule has 1 amide bonds. The van der Waals surface area contributed by atoms with Gasteiger partial charge in [-0.2, -0.15) is 4.68 Å². The van der Waals surface area contributed by atoms with Crippen molar-refractivity contribution in [2.24, 2.45) is 0 Å². The molecule has 3 rings (SSSR count). The zero-order valence-electron chi connectivity index (χ0n) is 13.2. The van der Waals surface area contributed by atoms with Gasteiger partial charge in [-0.15, -0.1) is 0 Å². The Balaban J connectivity index is 1.62. The number of carbonyl (C=O) groups is 1. The summed E-state index contributed by atoms with van der Waals surface area (Å²) in [6.45, 7) is 1.56. The average Bonchev–Trinajstić information content (AvgIpc) is 2.86. The minimum atomic E-state index is -0.640. The molecule has 3 heterocycles. The lowest BCUT2D eigenvalue weighted by atomic mass is 9.98. The van der Waals surface area contributed by atoms with E-state index in [1.54, 1.807) is 6.92 Å². The van der Waals surface area contributed by atoms with Gasteiger partial charge in [-0.05, 0) is 44.6 Å². The van der Waals surface area contributed by atoms with Gasteiger partial charge in [0.1, 0.15) is 6.54 Å². The monoisotopic (exact) mass is 341 g/mol. The van der Waals surface area contributed by atoms with Crippen LogP contribution < -0.4 is 5.32 Å². The first-order valence-electron chi connectivity index (χ1n) is 7.75. The van der Waals surface area contributed by atoms with Gasteiger partial charge in [0, 0.05) is 18.1 Å². The lowest BCUT2D eigenvalue weighted by Crippen LogP contribution is -2.49. The molecule has 1 N–H and O–H groups in total. The third-order valence-electron chi connectivity index (χ3n) is 5.05. The normalized spacial score (nSPS) is 27.2. The second-order valence-electron chi connectivity index (χ2n) is 6.42. The minimum Gasteiger partial charge on any atom is -0.358 e. The molecule has 0 saturated carbocycles. The highest BCUT2D eigenvalue weighted by atomic mass is 35.5. The number of piperidine rings is 1. The average molecular weight is 342 g/mol. The van der Waals surface area contributed by atoms with Crippen LogP contribution in [0.1, 0.15) is 31.4 Å². The van der Waals surface area contributed by atoms with E-state index >= 15 is 0 Å². The molecule has 1 aromatic heterocycles. The van der Waals surface area contributed by atoms with Crippen molar-refractivity contribution in [3.8, 4) is 0 Å². The van der Waals surface area contributed by atoms with Gasteiger partial charge in [-0.3, -0.25) is 4.79 Å². The van der Waals surface area contributed by atoms with Crippen molar-refractivity contribution in [1.82, 2.24) is 20.0 Å². The van der Waals surface area contributed by atoms with E-state index in [1.807, 2.05) is 0 Å². The number of amides is 1. The molecule has 126 valence electrons. The number of hydrogen-bond donors (Lipinski definition) is 1. The van der Waals surface area contributed by atoms with Gasteiger partial charge in [0.15, 0.2) is 5.02 Å². The van der Waals surface area contributed by atoms with E-state index in [2.05, 4.69) is 22.4 Å². The largest absolute Gasteiger partial charge is 0.408 e. The van der Waals surface area contributed by atoms with Crippen LogP contribution in [0.3, 0.4) is 0 Å². The third kappa shape index (κ3) is 3.05. The first-order valence-corrected chi connectivity index (χ1v) is 8.13. The molecule has 2 unspecified atom stereocenters. The molecule has 2 bridgehead atoms. The molecule has 23 heavy (non-hydrogen) atoms. The summed E-state index contributed by atoms with van der Waals surface area (Å²) in [5.74, 6) is -0.592. The molecule has 8 nitrogen and oxygen atoms in total. The van der Waals surface area contributed by atoms with Crippen molar-refractivity contribution in [2.75, 3.05) is 7.05 Å². The maximum atomic E-state index is 12.2. The Labute approximate surface area is 138 Å². The van der Waals surface area contributed by atoms with Crippen LogP contribution in [-0.2, 0) is 11.3 Å². The summed E-state index contributed by atoms with van der Waals surface area (Å²) >= 11 is 5.88. The molecule has 2 atom stereocenters. The number of carbonyl (C=O) groups excluding carboxylic acids is 1. The first kappa shape index (κ1) is 16.2. The minimum absolute atomic E-state index is 0.0138. The molecule has 2 saturated heterocycles. The predicted octanol–water partition coefficient (Wildman–Crippen LogP) is 1.49. The Morgan fingerprint density at radius 1 is 1.43 bits per heavy atom.